The number of rotatable bonds is 7. The van der Waals surface area contributed by atoms with Gasteiger partial charge in [0.2, 0.25) is 5.91 Å². The van der Waals surface area contributed by atoms with Crippen LogP contribution in [-0.4, -0.2) is 24.5 Å². The number of hydrogen-bond acceptors (Lipinski definition) is 5. The lowest BCUT2D eigenvalue weighted by molar-refractivity contribution is -0.383. The molecule has 0 aliphatic carbocycles. The number of nitrogens with zero attached hydrogens (tertiary/aromatic N) is 1. The summed E-state index contributed by atoms with van der Waals surface area (Å²) >= 11 is 3.43. The Hall–Kier alpha value is -2.45. The molecule has 0 aliphatic heterocycles. The van der Waals surface area contributed by atoms with Crippen molar-refractivity contribution in [1.82, 2.24) is 5.32 Å². The van der Waals surface area contributed by atoms with E-state index < -0.39 is 4.92 Å². The smallest absolute Gasteiger partial charge is 0.292 e. The number of nitro groups is 1. The van der Waals surface area contributed by atoms with Crippen molar-refractivity contribution >= 4 is 33.2 Å². The van der Waals surface area contributed by atoms with Gasteiger partial charge in [0.15, 0.2) is 0 Å². The highest BCUT2D eigenvalue weighted by Crippen LogP contribution is 2.28. The lowest BCUT2D eigenvalue weighted by Crippen LogP contribution is -2.30. The van der Waals surface area contributed by atoms with E-state index in [2.05, 4.69) is 26.6 Å². The van der Waals surface area contributed by atoms with Gasteiger partial charge in [-0.1, -0.05) is 18.2 Å². The van der Waals surface area contributed by atoms with Crippen molar-refractivity contribution in [1.29, 1.82) is 0 Å². The number of methoxy groups -OCH3 is 1. The minimum absolute atomic E-state index is 0.0247. The Balaban J connectivity index is 1.96. The maximum atomic E-state index is 12.1. The fourth-order valence-electron chi connectivity index (χ4n) is 2.25. The third-order valence-corrected chi connectivity index (χ3v) is 4.24. The maximum Gasteiger partial charge on any atom is 0.292 e. The van der Waals surface area contributed by atoms with Gasteiger partial charge in [0.05, 0.1) is 23.1 Å². The van der Waals surface area contributed by atoms with Gasteiger partial charge < -0.3 is 15.4 Å². The highest BCUT2D eigenvalue weighted by atomic mass is 79.9. The second kappa shape index (κ2) is 8.59. The molecule has 0 unspecified atom stereocenters. The zero-order valence-electron chi connectivity index (χ0n) is 13.8. The zero-order valence-corrected chi connectivity index (χ0v) is 15.4. The molecule has 0 aliphatic rings. The first-order valence-electron chi connectivity index (χ1n) is 7.52. The molecular formula is C17H18BrN3O4. The molecule has 132 valence electrons. The van der Waals surface area contributed by atoms with Gasteiger partial charge in [-0.05, 0) is 46.6 Å². The van der Waals surface area contributed by atoms with Gasteiger partial charge in [0.25, 0.3) is 5.69 Å². The number of ether oxygens (including phenoxy) is 1. The summed E-state index contributed by atoms with van der Waals surface area (Å²) in [6.07, 6.45) is 0. The van der Waals surface area contributed by atoms with Crippen LogP contribution in [0, 0.1) is 10.1 Å². The summed E-state index contributed by atoms with van der Waals surface area (Å²) in [5.74, 6) is 0.374. The number of nitro benzene ring substituents is 1. The summed E-state index contributed by atoms with van der Waals surface area (Å²) < 4.78 is 6.01. The van der Waals surface area contributed by atoms with Crippen molar-refractivity contribution in [2.45, 2.75) is 13.0 Å². The summed E-state index contributed by atoms with van der Waals surface area (Å²) in [6.45, 7) is 1.95. The number of amides is 1. The average Bonchev–Trinajstić information content (AvgIpc) is 2.59. The second-order valence-electron chi connectivity index (χ2n) is 5.32. The number of para-hydroxylation sites is 2. The Morgan fingerprint density at radius 3 is 2.68 bits per heavy atom. The molecule has 2 rings (SSSR count). The SMILES string of the molecule is COc1ccc([C@@H](C)NCC(=O)Nc2ccccc2[N+](=O)[O-])cc1Br. The molecule has 0 saturated heterocycles. The van der Waals surface area contributed by atoms with E-state index in [-0.39, 0.29) is 29.9 Å². The van der Waals surface area contributed by atoms with Crippen LogP contribution in [0.4, 0.5) is 11.4 Å². The number of anilines is 1. The van der Waals surface area contributed by atoms with Crippen LogP contribution in [0.25, 0.3) is 0 Å². The number of hydrogen-bond donors (Lipinski definition) is 2. The van der Waals surface area contributed by atoms with E-state index in [1.807, 2.05) is 25.1 Å². The Labute approximate surface area is 153 Å². The van der Waals surface area contributed by atoms with E-state index in [1.54, 1.807) is 19.2 Å². The quantitative estimate of drug-likeness (QED) is 0.539. The predicted octanol–water partition coefficient (Wildman–Crippen LogP) is 3.66. The summed E-state index contributed by atoms with van der Waals surface area (Å²) in [5.41, 5.74) is 1.02. The number of benzene rings is 2. The number of nitrogens with one attached hydrogen (secondary N) is 2. The van der Waals surface area contributed by atoms with Crippen molar-refractivity contribution in [2.75, 3.05) is 19.0 Å². The molecule has 8 heteroatoms. The number of carbonyl (C=O) groups is 1. The highest BCUT2D eigenvalue weighted by molar-refractivity contribution is 9.10. The zero-order chi connectivity index (χ0) is 18.4. The van der Waals surface area contributed by atoms with E-state index in [0.717, 1.165) is 15.8 Å². The standard InChI is InChI=1S/C17H18BrN3O4/c1-11(12-7-8-16(25-2)13(18)9-12)19-10-17(22)20-14-5-3-4-6-15(14)21(23)24/h3-9,11,19H,10H2,1-2H3,(H,20,22)/t11-/m1/s1. The van der Waals surface area contributed by atoms with Crippen LogP contribution in [0.15, 0.2) is 46.9 Å². The minimum atomic E-state index is -0.527. The lowest BCUT2D eigenvalue weighted by atomic mass is 10.1. The van der Waals surface area contributed by atoms with Crippen molar-refractivity contribution in [2.24, 2.45) is 0 Å². The third kappa shape index (κ3) is 5.01. The Bertz CT molecular complexity index is 782. The first-order chi connectivity index (χ1) is 11.9. The van der Waals surface area contributed by atoms with Crippen LogP contribution in [0.1, 0.15) is 18.5 Å². The Morgan fingerprint density at radius 1 is 1.32 bits per heavy atom. The minimum Gasteiger partial charge on any atom is -0.496 e. The number of halogens is 1. The number of carbonyl (C=O) groups excluding carboxylic acids is 1. The van der Waals surface area contributed by atoms with Gasteiger partial charge in [0, 0.05) is 12.1 Å². The van der Waals surface area contributed by atoms with Crippen molar-refractivity contribution < 1.29 is 14.5 Å². The van der Waals surface area contributed by atoms with Crippen LogP contribution < -0.4 is 15.4 Å². The van der Waals surface area contributed by atoms with E-state index in [0.29, 0.717) is 0 Å². The molecule has 7 nitrogen and oxygen atoms in total. The normalized spacial score (nSPS) is 11.6. The molecular weight excluding hydrogens is 390 g/mol. The molecule has 2 aromatic carbocycles. The summed E-state index contributed by atoms with van der Waals surface area (Å²) in [7, 11) is 1.59. The van der Waals surface area contributed by atoms with E-state index in [4.69, 9.17) is 4.74 Å². The first kappa shape index (κ1) is 18.9. The molecule has 0 fully saturated rings. The van der Waals surface area contributed by atoms with Crippen LogP contribution in [0.2, 0.25) is 0 Å². The van der Waals surface area contributed by atoms with Gasteiger partial charge in [-0.15, -0.1) is 0 Å². The predicted molar refractivity (Wildman–Crippen MR) is 98.8 cm³/mol. The van der Waals surface area contributed by atoms with Crippen LogP contribution in [-0.2, 0) is 4.79 Å². The monoisotopic (exact) mass is 407 g/mol. The Morgan fingerprint density at radius 2 is 2.04 bits per heavy atom. The molecule has 0 aromatic heterocycles. The van der Waals surface area contributed by atoms with Gasteiger partial charge in [0.1, 0.15) is 11.4 Å². The van der Waals surface area contributed by atoms with E-state index in [1.165, 1.54) is 12.1 Å². The maximum absolute atomic E-state index is 12.1. The van der Waals surface area contributed by atoms with Gasteiger partial charge in [-0.25, -0.2) is 0 Å². The molecule has 1 atom stereocenters. The molecule has 0 radical (unpaired) electrons. The van der Waals surface area contributed by atoms with Crippen LogP contribution >= 0.6 is 15.9 Å². The molecule has 0 spiro atoms. The lowest BCUT2D eigenvalue weighted by Gasteiger charge is -2.15. The Kier molecular flexibility index (Phi) is 6.49. The molecule has 0 bridgehead atoms. The fraction of sp³-hybridized carbons (Fsp3) is 0.235. The molecule has 0 heterocycles. The van der Waals surface area contributed by atoms with Gasteiger partial charge in [-0.2, -0.15) is 0 Å². The summed E-state index contributed by atoms with van der Waals surface area (Å²) in [6, 6.07) is 11.6. The molecule has 25 heavy (non-hydrogen) atoms. The average molecular weight is 408 g/mol. The third-order valence-electron chi connectivity index (χ3n) is 3.62. The molecule has 2 aromatic rings. The molecule has 1 amide bonds. The largest absolute Gasteiger partial charge is 0.496 e. The van der Waals surface area contributed by atoms with Crippen molar-refractivity contribution in [3.8, 4) is 5.75 Å². The van der Waals surface area contributed by atoms with Gasteiger partial charge in [-0.3, -0.25) is 14.9 Å². The first-order valence-corrected chi connectivity index (χ1v) is 8.31. The summed E-state index contributed by atoms with van der Waals surface area (Å²) in [5, 5.41) is 16.6. The highest BCUT2D eigenvalue weighted by Gasteiger charge is 2.15. The fourth-order valence-corrected chi connectivity index (χ4v) is 2.81. The van der Waals surface area contributed by atoms with Crippen LogP contribution in [0.5, 0.6) is 5.75 Å². The van der Waals surface area contributed by atoms with E-state index >= 15 is 0 Å². The van der Waals surface area contributed by atoms with Gasteiger partial charge >= 0.3 is 0 Å². The van der Waals surface area contributed by atoms with Crippen molar-refractivity contribution in [3.63, 3.8) is 0 Å². The molecule has 0 saturated carbocycles. The van der Waals surface area contributed by atoms with E-state index in [9.17, 15) is 14.9 Å². The topological polar surface area (TPSA) is 93.5 Å². The van der Waals surface area contributed by atoms with Crippen molar-refractivity contribution in [3.05, 3.63) is 62.6 Å². The molecule has 2 N–H and O–H groups in total. The summed E-state index contributed by atoms with van der Waals surface area (Å²) in [4.78, 5) is 22.5. The second-order valence-corrected chi connectivity index (χ2v) is 6.17. The van der Waals surface area contributed by atoms with Crippen LogP contribution in [0.3, 0.4) is 0 Å².